The maximum atomic E-state index is 11.9. The van der Waals surface area contributed by atoms with Gasteiger partial charge in [-0.05, 0) is 36.4 Å². The molecule has 1 aromatic carbocycles. The molecule has 1 heterocycles. The number of aromatic nitrogens is 2. The quantitative estimate of drug-likeness (QED) is 0.608. The first kappa shape index (κ1) is 16.7. The summed E-state index contributed by atoms with van der Waals surface area (Å²) in [7, 11) is 0. The summed E-state index contributed by atoms with van der Waals surface area (Å²) in [5.74, 6) is -0.188. The van der Waals surface area contributed by atoms with Gasteiger partial charge in [0.1, 0.15) is 5.01 Å². The van der Waals surface area contributed by atoms with E-state index >= 15 is 0 Å². The van der Waals surface area contributed by atoms with Crippen LogP contribution in [0.25, 0.3) is 6.08 Å². The Morgan fingerprint density at radius 1 is 1.32 bits per heavy atom. The molecule has 0 atom stereocenters. The number of carbonyl (C=O) groups excluding carboxylic acids is 1. The molecule has 2 aromatic rings. The SMILES string of the molecule is CCCCc1nnc(NC(=O)/C=C/c2ccc(SC)cc2)s1. The summed E-state index contributed by atoms with van der Waals surface area (Å²) in [4.78, 5) is 13.1. The van der Waals surface area contributed by atoms with Gasteiger partial charge in [-0.3, -0.25) is 10.1 Å². The molecule has 0 radical (unpaired) electrons. The van der Waals surface area contributed by atoms with Crippen molar-refractivity contribution in [2.24, 2.45) is 0 Å². The van der Waals surface area contributed by atoms with E-state index in [0.29, 0.717) is 5.13 Å². The lowest BCUT2D eigenvalue weighted by Crippen LogP contribution is -2.07. The Bertz CT molecular complexity index is 635. The van der Waals surface area contributed by atoms with Crippen LogP contribution in [0, 0.1) is 0 Å². The molecule has 22 heavy (non-hydrogen) atoms. The zero-order chi connectivity index (χ0) is 15.8. The van der Waals surface area contributed by atoms with Crippen LogP contribution in [0.3, 0.4) is 0 Å². The Labute approximate surface area is 139 Å². The molecule has 0 saturated carbocycles. The molecule has 4 nitrogen and oxygen atoms in total. The van der Waals surface area contributed by atoms with Gasteiger partial charge in [0.05, 0.1) is 0 Å². The van der Waals surface area contributed by atoms with E-state index in [1.165, 1.54) is 22.3 Å². The van der Waals surface area contributed by atoms with Crippen LogP contribution in [0.1, 0.15) is 30.3 Å². The number of nitrogens with one attached hydrogen (secondary N) is 1. The molecule has 0 fully saturated rings. The van der Waals surface area contributed by atoms with E-state index in [1.54, 1.807) is 17.8 Å². The molecule has 0 saturated heterocycles. The second-order valence-electron chi connectivity index (χ2n) is 4.70. The number of unbranched alkanes of at least 4 members (excludes halogenated alkanes) is 1. The molecule has 0 bridgehead atoms. The van der Waals surface area contributed by atoms with Gasteiger partial charge in [0, 0.05) is 17.4 Å². The summed E-state index contributed by atoms with van der Waals surface area (Å²) < 4.78 is 0. The summed E-state index contributed by atoms with van der Waals surface area (Å²) in [6.07, 6.45) is 8.48. The molecule has 0 unspecified atom stereocenters. The number of anilines is 1. The van der Waals surface area contributed by atoms with Crippen molar-refractivity contribution in [1.29, 1.82) is 0 Å². The number of aryl methyl sites for hydroxylation is 1. The van der Waals surface area contributed by atoms with E-state index in [9.17, 15) is 4.79 Å². The first-order chi connectivity index (χ1) is 10.7. The fourth-order valence-corrected chi connectivity index (χ4v) is 2.96. The lowest BCUT2D eigenvalue weighted by Gasteiger charge is -1.97. The molecule has 1 aromatic heterocycles. The fourth-order valence-electron chi connectivity index (χ4n) is 1.77. The highest BCUT2D eigenvalue weighted by atomic mass is 32.2. The minimum absolute atomic E-state index is 0.188. The number of nitrogens with zero attached hydrogens (tertiary/aromatic N) is 2. The first-order valence-electron chi connectivity index (χ1n) is 7.16. The van der Waals surface area contributed by atoms with Gasteiger partial charge >= 0.3 is 0 Å². The van der Waals surface area contributed by atoms with Crippen molar-refractivity contribution in [3.63, 3.8) is 0 Å². The zero-order valence-electron chi connectivity index (χ0n) is 12.7. The summed E-state index contributed by atoms with van der Waals surface area (Å²) in [5, 5.41) is 12.3. The topological polar surface area (TPSA) is 54.9 Å². The van der Waals surface area contributed by atoms with E-state index in [2.05, 4.69) is 22.4 Å². The number of benzene rings is 1. The van der Waals surface area contributed by atoms with Crippen LogP contribution in [0.15, 0.2) is 35.2 Å². The number of amides is 1. The minimum atomic E-state index is -0.188. The van der Waals surface area contributed by atoms with Gasteiger partial charge in [-0.2, -0.15) is 0 Å². The maximum Gasteiger partial charge on any atom is 0.250 e. The van der Waals surface area contributed by atoms with Crippen LogP contribution in [0.4, 0.5) is 5.13 Å². The number of rotatable bonds is 7. The normalized spacial score (nSPS) is 11.0. The average molecular weight is 333 g/mol. The zero-order valence-corrected chi connectivity index (χ0v) is 14.3. The highest BCUT2D eigenvalue weighted by Gasteiger charge is 2.05. The van der Waals surface area contributed by atoms with Crippen LogP contribution in [-0.2, 0) is 11.2 Å². The Balaban J connectivity index is 1.88. The third-order valence-electron chi connectivity index (χ3n) is 2.98. The standard InChI is InChI=1S/C16H19N3OS2/c1-3-4-5-15-18-19-16(22-15)17-14(20)11-8-12-6-9-13(21-2)10-7-12/h6-11H,3-5H2,1-2H3,(H,17,19,20)/b11-8+. The number of thioether (sulfide) groups is 1. The second-order valence-corrected chi connectivity index (χ2v) is 6.64. The molecule has 0 spiro atoms. The van der Waals surface area contributed by atoms with Gasteiger partial charge in [-0.1, -0.05) is 36.8 Å². The predicted octanol–water partition coefficient (Wildman–Crippen LogP) is 4.25. The number of hydrogen-bond acceptors (Lipinski definition) is 5. The van der Waals surface area contributed by atoms with E-state index in [0.717, 1.165) is 29.8 Å². The van der Waals surface area contributed by atoms with Gasteiger partial charge < -0.3 is 0 Å². The molecule has 116 valence electrons. The highest BCUT2D eigenvalue weighted by molar-refractivity contribution is 7.98. The van der Waals surface area contributed by atoms with E-state index < -0.39 is 0 Å². The van der Waals surface area contributed by atoms with Crippen LogP contribution >= 0.6 is 23.1 Å². The third-order valence-corrected chi connectivity index (χ3v) is 4.63. The number of hydrogen-bond donors (Lipinski definition) is 1. The Morgan fingerprint density at radius 2 is 2.09 bits per heavy atom. The lowest BCUT2D eigenvalue weighted by atomic mass is 10.2. The van der Waals surface area contributed by atoms with Crippen LogP contribution in [0.5, 0.6) is 0 Å². The molecular weight excluding hydrogens is 314 g/mol. The van der Waals surface area contributed by atoms with Crippen molar-refractivity contribution in [2.75, 3.05) is 11.6 Å². The Hall–Kier alpha value is -1.66. The van der Waals surface area contributed by atoms with E-state index in [4.69, 9.17) is 0 Å². The molecule has 0 aliphatic carbocycles. The first-order valence-corrected chi connectivity index (χ1v) is 9.21. The van der Waals surface area contributed by atoms with Crippen molar-refractivity contribution >= 4 is 40.2 Å². The number of carbonyl (C=O) groups is 1. The summed E-state index contributed by atoms with van der Waals surface area (Å²) in [5.41, 5.74) is 0.994. The molecular formula is C16H19N3OS2. The van der Waals surface area contributed by atoms with Crippen LogP contribution in [-0.4, -0.2) is 22.4 Å². The molecule has 6 heteroatoms. The average Bonchev–Trinajstić information content (AvgIpc) is 2.98. The molecule has 1 amide bonds. The minimum Gasteiger partial charge on any atom is -0.297 e. The van der Waals surface area contributed by atoms with Gasteiger partial charge in [0.2, 0.25) is 11.0 Å². The highest BCUT2D eigenvalue weighted by Crippen LogP contribution is 2.18. The van der Waals surface area contributed by atoms with Gasteiger partial charge in [0.25, 0.3) is 0 Å². The largest absolute Gasteiger partial charge is 0.297 e. The van der Waals surface area contributed by atoms with Crippen LogP contribution in [0.2, 0.25) is 0 Å². The van der Waals surface area contributed by atoms with Crippen molar-refractivity contribution in [2.45, 2.75) is 31.1 Å². The predicted molar refractivity (Wildman–Crippen MR) is 94.4 cm³/mol. The van der Waals surface area contributed by atoms with Gasteiger partial charge in [0.15, 0.2) is 0 Å². The van der Waals surface area contributed by atoms with Gasteiger partial charge in [-0.15, -0.1) is 22.0 Å². The summed E-state index contributed by atoms with van der Waals surface area (Å²) in [6, 6.07) is 8.05. The van der Waals surface area contributed by atoms with E-state index in [-0.39, 0.29) is 5.91 Å². The Morgan fingerprint density at radius 3 is 2.77 bits per heavy atom. The Kier molecular flexibility index (Phi) is 6.61. The fraction of sp³-hybridized carbons (Fsp3) is 0.312. The molecule has 0 aliphatic heterocycles. The van der Waals surface area contributed by atoms with Crippen molar-refractivity contribution in [3.8, 4) is 0 Å². The maximum absolute atomic E-state index is 11.9. The summed E-state index contributed by atoms with van der Waals surface area (Å²) >= 11 is 3.13. The second kappa shape index (κ2) is 8.70. The van der Waals surface area contributed by atoms with Crippen molar-refractivity contribution in [3.05, 3.63) is 40.9 Å². The third kappa shape index (κ3) is 5.27. The monoisotopic (exact) mass is 333 g/mol. The van der Waals surface area contributed by atoms with Gasteiger partial charge in [-0.25, -0.2) is 0 Å². The van der Waals surface area contributed by atoms with E-state index in [1.807, 2.05) is 30.5 Å². The molecule has 0 aliphatic rings. The smallest absolute Gasteiger partial charge is 0.250 e. The molecule has 1 N–H and O–H groups in total. The lowest BCUT2D eigenvalue weighted by molar-refractivity contribution is -0.111. The molecule has 2 rings (SSSR count). The van der Waals surface area contributed by atoms with Crippen LogP contribution < -0.4 is 5.32 Å². The van der Waals surface area contributed by atoms with Crippen molar-refractivity contribution < 1.29 is 4.79 Å². The summed E-state index contributed by atoms with van der Waals surface area (Å²) in [6.45, 7) is 2.14. The van der Waals surface area contributed by atoms with Crippen molar-refractivity contribution in [1.82, 2.24) is 10.2 Å².